The highest BCUT2D eigenvalue weighted by Gasteiger charge is 2.27. The van der Waals surface area contributed by atoms with Crippen molar-refractivity contribution in [2.45, 2.75) is 32.4 Å². The fraction of sp³-hybridized carbons (Fsp3) is 0.647. The van der Waals surface area contributed by atoms with Gasteiger partial charge in [-0.2, -0.15) is 0 Å². The molecular formula is C17H28N2O2. The summed E-state index contributed by atoms with van der Waals surface area (Å²) in [6, 6.07) is 8.56. The lowest BCUT2D eigenvalue weighted by molar-refractivity contribution is -0.0459. The van der Waals surface area contributed by atoms with Crippen LogP contribution in [0.1, 0.15) is 31.9 Å². The number of ether oxygens (including phenoxy) is 2. The van der Waals surface area contributed by atoms with Crippen LogP contribution >= 0.6 is 0 Å². The molecule has 0 bridgehead atoms. The maximum atomic E-state index is 6.00. The number of morpholine rings is 1. The van der Waals surface area contributed by atoms with Crippen molar-refractivity contribution in [2.75, 3.05) is 39.9 Å². The fourth-order valence-corrected chi connectivity index (χ4v) is 2.96. The predicted molar refractivity (Wildman–Crippen MR) is 85.9 cm³/mol. The molecule has 118 valence electrons. The molecule has 4 nitrogen and oxygen atoms in total. The van der Waals surface area contributed by atoms with E-state index in [0.29, 0.717) is 6.61 Å². The highest BCUT2D eigenvalue weighted by atomic mass is 16.5. The Hall–Kier alpha value is -1.10. The third-order valence-corrected chi connectivity index (χ3v) is 3.95. The lowest BCUT2D eigenvalue weighted by Gasteiger charge is -2.37. The molecule has 1 N–H and O–H groups in total. The van der Waals surface area contributed by atoms with Gasteiger partial charge in [-0.15, -0.1) is 0 Å². The number of likely N-dealkylation sites (N-methyl/N-ethyl adjacent to an activating group) is 1. The zero-order valence-corrected chi connectivity index (χ0v) is 13.5. The molecule has 4 heteroatoms. The van der Waals surface area contributed by atoms with Crippen molar-refractivity contribution in [1.82, 2.24) is 10.2 Å². The number of hydrogen-bond acceptors (Lipinski definition) is 4. The van der Waals surface area contributed by atoms with Gasteiger partial charge < -0.3 is 14.8 Å². The van der Waals surface area contributed by atoms with E-state index in [2.05, 4.69) is 29.3 Å². The molecule has 1 aliphatic heterocycles. The van der Waals surface area contributed by atoms with Crippen LogP contribution in [0.15, 0.2) is 24.3 Å². The van der Waals surface area contributed by atoms with Crippen LogP contribution in [0.3, 0.4) is 0 Å². The van der Waals surface area contributed by atoms with Gasteiger partial charge in [0, 0.05) is 13.1 Å². The Morgan fingerprint density at radius 2 is 2.10 bits per heavy atom. The van der Waals surface area contributed by atoms with Gasteiger partial charge in [0.2, 0.25) is 0 Å². The molecule has 1 fully saturated rings. The molecular weight excluding hydrogens is 264 g/mol. The predicted octanol–water partition coefficient (Wildman–Crippen LogP) is 2.46. The SMILES string of the molecule is CCCN1CCOC(C(NC)c2ccc(OCC)cc2)C1. The van der Waals surface area contributed by atoms with Crippen molar-refractivity contribution >= 4 is 0 Å². The Morgan fingerprint density at radius 3 is 2.71 bits per heavy atom. The summed E-state index contributed by atoms with van der Waals surface area (Å²) < 4.78 is 11.5. The van der Waals surface area contributed by atoms with E-state index in [1.807, 2.05) is 26.1 Å². The minimum atomic E-state index is 0.202. The number of nitrogens with zero attached hydrogens (tertiary/aromatic N) is 1. The quantitative estimate of drug-likeness (QED) is 0.837. The summed E-state index contributed by atoms with van der Waals surface area (Å²) in [6.07, 6.45) is 1.40. The summed E-state index contributed by atoms with van der Waals surface area (Å²) in [5.41, 5.74) is 1.25. The monoisotopic (exact) mass is 292 g/mol. The summed E-state index contributed by atoms with van der Waals surface area (Å²) in [4.78, 5) is 2.49. The third kappa shape index (κ3) is 4.43. The smallest absolute Gasteiger partial charge is 0.119 e. The highest BCUT2D eigenvalue weighted by molar-refractivity contribution is 5.30. The zero-order valence-electron chi connectivity index (χ0n) is 13.5. The Kier molecular flexibility index (Phi) is 6.49. The molecule has 2 atom stereocenters. The first-order valence-corrected chi connectivity index (χ1v) is 8.02. The van der Waals surface area contributed by atoms with Crippen molar-refractivity contribution in [2.24, 2.45) is 0 Å². The number of nitrogens with one attached hydrogen (secondary N) is 1. The Labute approximate surface area is 128 Å². The molecule has 0 saturated carbocycles. The maximum absolute atomic E-state index is 6.00. The lowest BCUT2D eigenvalue weighted by Crippen LogP contribution is -2.47. The van der Waals surface area contributed by atoms with Crippen LogP contribution in [-0.2, 0) is 4.74 Å². The zero-order chi connectivity index (χ0) is 15.1. The Morgan fingerprint density at radius 1 is 1.33 bits per heavy atom. The average Bonchev–Trinajstić information content (AvgIpc) is 2.51. The van der Waals surface area contributed by atoms with Gasteiger partial charge in [-0.05, 0) is 44.6 Å². The first kappa shape index (κ1) is 16.3. The van der Waals surface area contributed by atoms with Crippen LogP contribution in [-0.4, -0.2) is 50.9 Å². The maximum Gasteiger partial charge on any atom is 0.119 e. The molecule has 0 aromatic heterocycles. The van der Waals surface area contributed by atoms with E-state index >= 15 is 0 Å². The van der Waals surface area contributed by atoms with Crippen molar-refractivity contribution in [1.29, 1.82) is 0 Å². The van der Waals surface area contributed by atoms with Crippen LogP contribution in [0.25, 0.3) is 0 Å². The molecule has 0 radical (unpaired) electrons. The molecule has 1 saturated heterocycles. The van der Waals surface area contributed by atoms with E-state index < -0.39 is 0 Å². The summed E-state index contributed by atoms with van der Waals surface area (Å²) in [5, 5.41) is 3.41. The van der Waals surface area contributed by atoms with E-state index in [0.717, 1.165) is 32.0 Å². The van der Waals surface area contributed by atoms with Gasteiger partial charge >= 0.3 is 0 Å². The first-order chi connectivity index (χ1) is 10.3. The third-order valence-electron chi connectivity index (χ3n) is 3.95. The van der Waals surface area contributed by atoms with E-state index in [1.54, 1.807) is 0 Å². The summed E-state index contributed by atoms with van der Waals surface area (Å²) in [7, 11) is 2.00. The highest BCUT2D eigenvalue weighted by Crippen LogP contribution is 2.24. The molecule has 2 rings (SSSR count). The van der Waals surface area contributed by atoms with Crippen LogP contribution < -0.4 is 10.1 Å². The second-order valence-corrected chi connectivity index (χ2v) is 5.48. The van der Waals surface area contributed by atoms with Gasteiger partial charge in [0.25, 0.3) is 0 Å². The number of benzene rings is 1. The molecule has 1 aromatic carbocycles. The lowest BCUT2D eigenvalue weighted by atomic mass is 10.00. The number of hydrogen-bond donors (Lipinski definition) is 1. The molecule has 2 unspecified atom stereocenters. The van der Waals surface area contributed by atoms with Crippen molar-refractivity contribution < 1.29 is 9.47 Å². The minimum absolute atomic E-state index is 0.202. The Bertz CT molecular complexity index is 406. The first-order valence-electron chi connectivity index (χ1n) is 8.02. The largest absolute Gasteiger partial charge is 0.494 e. The summed E-state index contributed by atoms with van der Waals surface area (Å²) in [6.45, 7) is 8.94. The standard InChI is InChI=1S/C17H28N2O2/c1-4-10-19-11-12-21-16(13-19)17(18-3)14-6-8-15(9-7-14)20-5-2/h6-9,16-18H,4-5,10-13H2,1-3H3. The van der Waals surface area contributed by atoms with Crippen molar-refractivity contribution in [3.63, 3.8) is 0 Å². The van der Waals surface area contributed by atoms with Crippen molar-refractivity contribution in [3.8, 4) is 5.75 Å². The van der Waals surface area contributed by atoms with Crippen LogP contribution in [0, 0.1) is 0 Å². The topological polar surface area (TPSA) is 33.7 Å². The van der Waals surface area contributed by atoms with Gasteiger partial charge in [0.05, 0.1) is 25.4 Å². The second-order valence-electron chi connectivity index (χ2n) is 5.48. The van der Waals surface area contributed by atoms with Crippen LogP contribution in [0.4, 0.5) is 0 Å². The van der Waals surface area contributed by atoms with Gasteiger partial charge in [-0.3, -0.25) is 4.90 Å². The summed E-state index contributed by atoms with van der Waals surface area (Å²) in [5.74, 6) is 0.924. The number of rotatable bonds is 7. The molecule has 21 heavy (non-hydrogen) atoms. The van der Waals surface area contributed by atoms with E-state index in [4.69, 9.17) is 9.47 Å². The molecule has 0 aliphatic carbocycles. The van der Waals surface area contributed by atoms with E-state index in [-0.39, 0.29) is 12.1 Å². The minimum Gasteiger partial charge on any atom is -0.494 e. The molecule has 0 spiro atoms. The van der Waals surface area contributed by atoms with Crippen LogP contribution in [0.5, 0.6) is 5.75 Å². The van der Waals surface area contributed by atoms with Gasteiger partial charge in [-0.25, -0.2) is 0 Å². The molecule has 1 aliphatic rings. The average molecular weight is 292 g/mol. The normalized spacial score (nSPS) is 21.2. The molecule has 1 aromatic rings. The fourth-order valence-electron chi connectivity index (χ4n) is 2.96. The van der Waals surface area contributed by atoms with Gasteiger partial charge in [0.1, 0.15) is 5.75 Å². The summed E-state index contributed by atoms with van der Waals surface area (Å²) >= 11 is 0. The van der Waals surface area contributed by atoms with E-state index in [9.17, 15) is 0 Å². The molecule has 0 amide bonds. The molecule has 1 heterocycles. The van der Waals surface area contributed by atoms with Crippen molar-refractivity contribution in [3.05, 3.63) is 29.8 Å². The van der Waals surface area contributed by atoms with Gasteiger partial charge in [0.15, 0.2) is 0 Å². The second kappa shape index (κ2) is 8.37. The Balaban J connectivity index is 2.04. The van der Waals surface area contributed by atoms with Gasteiger partial charge in [-0.1, -0.05) is 19.1 Å². The van der Waals surface area contributed by atoms with Crippen LogP contribution in [0.2, 0.25) is 0 Å². The van der Waals surface area contributed by atoms with E-state index in [1.165, 1.54) is 12.0 Å².